The number of amides is 2. The Kier molecular flexibility index (Phi) is 6.22. The summed E-state index contributed by atoms with van der Waals surface area (Å²) in [5, 5.41) is 3.70. The highest BCUT2D eigenvalue weighted by molar-refractivity contribution is 6.13. The van der Waals surface area contributed by atoms with Crippen LogP contribution in [0, 0.1) is 0 Å². The number of anilines is 1. The minimum absolute atomic E-state index is 0.0204. The summed E-state index contributed by atoms with van der Waals surface area (Å²) in [7, 11) is 0. The summed E-state index contributed by atoms with van der Waals surface area (Å²) in [4.78, 5) is 36.5. The average molecular weight is 425 g/mol. The lowest BCUT2D eigenvalue weighted by atomic mass is 10.1. The van der Waals surface area contributed by atoms with Crippen LogP contribution in [0.5, 0.6) is 0 Å². The van der Waals surface area contributed by atoms with Gasteiger partial charge < -0.3 is 10.2 Å². The van der Waals surface area contributed by atoms with E-state index in [0.29, 0.717) is 41.3 Å². The van der Waals surface area contributed by atoms with Crippen molar-refractivity contribution in [2.24, 2.45) is 0 Å². The first-order valence-corrected chi connectivity index (χ1v) is 10.6. The van der Waals surface area contributed by atoms with Gasteiger partial charge in [0.15, 0.2) is 0 Å². The van der Waals surface area contributed by atoms with E-state index in [4.69, 9.17) is 0 Å². The van der Waals surface area contributed by atoms with Crippen molar-refractivity contribution in [3.63, 3.8) is 0 Å². The number of benzene rings is 2. The third-order valence-electron chi connectivity index (χ3n) is 5.33. The number of fused-ring (bicyclic) bond motifs is 1. The third kappa shape index (κ3) is 4.34. The molecule has 0 saturated carbocycles. The van der Waals surface area contributed by atoms with Gasteiger partial charge in [0, 0.05) is 35.9 Å². The van der Waals surface area contributed by atoms with Crippen molar-refractivity contribution in [2.45, 2.75) is 13.8 Å². The quantitative estimate of drug-likeness (QED) is 0.471. The molecule has 2 aromatic carbocycles. The van der Waals surface area contributed by atoms with Gasteiger partial charge in [0.05, 0.1) is 22.5 Å². The smallest absolute Gasteiger partial charge is 0.256 e. The monoisotopic (exact) mass is 424 g/mol. The maximum atomic E-state index is 13.2. The summed E-state index contributed by atoms with van der Waals surface area (Å²) < 4.78 is 0. The second-order valence-electron chi connectivity index (χ2n) is 7.30. The van der Waals surface area contributed by atoms with E-state index < -0.39 is 0 Å². The molecule has 32 heavy (non-hydrogen) atoms. The first-order chi connectivity index (χ1) is 15.6. The van der Waals surface area contributed by atoms with Crippen LogP contribution in [0.3, 0.4) is 0 Å². The summed E-state index contributed by atoms with van der Waals surface area (Å²) in [6, 6.07) is 21.9. The van der Waals surface area contributed by atoms with Gasteiger partial charge in [-0.15, -0.1) is 0 Å². The van der Waals surface area contributed by atoms with Crippen molar-refractivity contribution >= 4 is 28.4 Å². The Hall–Kier alpha value is -4.06. The predicted molar refractivity (Wildman–Crippen MR) is 127 cm³/mol. The third-order valence-corrected chi connectivity index (χ3v) is 5.33. The molecule has 0 radical (unpaired) electrons. The zero-order valence-corrected chi connectivity index (χ0v) is 18.1. The van der Waals surface area contributed by atoms with E-state index in [1.165, 1.54) is 0 Å². The molecular formula is C26H24N4O2. The number of carbonyl (C=O) groups excluding carboxylic acids is 2. The van der Waals surface area contributed by atoms with E-state index >= 15 is 0 Å². The molecule has 0 aliphatic rings. The SMILES string of the molecule is CCN(CC)C(=O)c1ccc(NC(=O)c2cc(-c3ccccn3)nc3ccccc23)cc1. The van der Waals surface area contributed by atoms with E-state index in [9.17, 15) is 9.59 Å². The van der Waals surface area contributed by atoms with Crippen molar-refractivity contribution in [1.29, 1.82) is 0 Å². The van der Waals surface area contributed by atoms with Crippen LogP contribution >= 0.6 is 0 Å². The molecule has 2 amide bonds. The summed E-state index contributed by atoms with van der Waals surface area (Å²) in [6.45, 7) is 5.21. The molecule has 0 aliphatic carbocycles. The molecule has 0 fully saturated rings. The van der Waals surface area contributed by atoms with E-state index in [1.54, 1.807) is 41.4 Å². The molecule has 1 N–H and O–H groups in total. The van der Waals surface area contributed by atoms with Gasteiger partial charge in [-0.2, -0.15) is 0 Å². The fraction of sp³-hybridized carbons (Fsp3) is 0.154. The number of rotatable bonds is 6. The maximum absolute atomic E-state index is 13.2. The van der Waals surface area contributed by atoms with Gasteiger partial charge in [-0.3, -0.25) is 14.6 Å². The number of hydrogen-bond donors (Lipinski definition) is 1. The van der Waals surface area contributed by atoms with E-state index in [0.717, 1.165) is 10.9 Å². The number of hydrogen-bond acceptors (Lipinski definition) is 4. The molecule has 6 heteroatoms. The Morgan fingerprint density at radius 1 is 0.875 bits per heavy atom. The minimum Gasteiger partial charge on any atom is -0.339 e. The van der Waals surface area contributed by atoms with Gasteiger partial charge >= 0.3 is 0 Å². The van der Waals surface area contributed by atoms with Gasteiger partial charge in [0.25, 0.3) is 11.8 Å². The van der Waals surface area contributed by atoms with Gasteiger partial charge in [0.2, 0.25) is 0 Å². The Morgan fingerprint density at radius 3 is 2.28 bits per heavy atom. The Balaban J connectivity index is 1.63. The normalized spacial score (nSPS) is 10.7. The average Bonchev–Trinajstić information content (AvgIpc) is 2.85. The molecule has 160 valence electrons. The van der Waals surface area contributed by atoms with Crippen LogP contribution in [-0.4, -0.2) is 39.8 Å². The first kappa shape index (κ1) is 21.2. The topological polar surface area (TPSA) is 75.2 Å². The highest BCUT2D eigenvalue weighted by atomic mass is 16.2. The fourth-order valence-corrected chi connectivity index (χ4v) is 3.60. The Morgan fingerprint density at radius 2 is 1.59 bits per heavy atom. The van der Waals surface area contributed by atoms with Crippen LogP contribution < -0.4 is 5.32 Å². The molecule has 0 aliphatic heterocycles. The lowest BCUT2D eigenvalue weighted by Crippen LogP contribution is -2.30. The standard InChI is InChI=1S/C26H24N4O2/c1-3-30(4-2)26(32)18-12-14-19(15-13-18)28-25(31)21-17-24(23-11-7-8-16-27-23)29-22-10-6-5-9-20(21)22/h5-17H,3-4H2,1-2H3,(H,28,31). The number of aromatic nitrogens is 2. The first-order valence-electron chi connectivity index (χ1n) is 10.6. The molecule has 0 bridgehead atoms. The molecule has 6 nitrogen and oxygen atoms in total. The van der Waals surface area contributed by atoms with Crippen LogP contribution in [0.1, 0.15) is 34.6 Å². The molecule has 0 unspecified atom stereocenters. The number of carbonyl (C=O) groups is 2. The Bertz CT molecular complexity index is 1250. The fourth-order valence-electron chi connectivity index (χ4n) is 3.60. The zero-order chi connectivity index (χ0) is 22.5. The van der Waals surface area contributed by atoms with Crippen molar-refractivity contribution in [3.8, 4) is 11.4 Å². The number of pyridine rings is 2. The minimum atomic E-state index is -0.247. The molecule has 2 aromatic heterocycles. The summed E-state index contributed by atoms with van der Waals surface area (Å²) in [5.74, 6) is -0.267. The number of nitrogens with zero attached hydrogens (tertiary/aromatic N) is 3. The molecule has 0 spiro atoms. The molecule has 0 saturated heterocycles. The highest BCUT2D eigenvalue weighted by Gasteiger charge is 2.16. The summed E-state index contributed by atoms with van der Waals surface area (Å²) >= 11 is 0. The predicted octanol–water partition coefficient (Wildman–Crippen LogP) is 5.03. The van der Waals surface area contributed by atoms with Crippen LogP contribution in [0.4, 0.5) is 5.69 Å². The van der Waals surface area contributed by atoms with Gasteiger partial charge in [-0.25, -0.2) is 4.98 Å². The molecule has 0 atom stereocenters. The zero-order valence-electron chi connectivity index (χ0n) is 18.1. The number of para-hydroxylation sites is 1. The second kappa shape index (κ2) is 9.39. The van der Waals surface area contributed by atoms with Gasteiger partial charge in [-0.05, 0) is 62.4 Å². The molecule has 4 rings (SSSR count). The van der Waals surface area contributed by atoms with Crippen molar-refractivity contribution in [1.82, 2.24) is 14.9 Å². The molecule has 2 heterocycles. The summed E-state index contributed by atoms with van der Waals surface area (Å²) in [6.07, 6.45) is 1.70. The van der Waals surface area contributed by atoms with Crippen molar-refractivity contribution in [2.75, 3.05) is 18.4 Å². The van der Waals surface area contributed by atoms with E-state index in [1.807, 2.05) is 56.3 Å². The highest BCUT2D eigenvalue weighted by Crippen LogP contribution is 2.24. The molecular weight excluding hydrogens is 400 g/mol. The lowest BCUT2D eigenvalue weighted by Gasteiger charge is -2.18. The van der Waals surface area contributed by atoms with E-state index in [2.05, 4.69) is 15.3 Å². The van der Waals surface area contributed by atoms with Gasteiger partial charge in [-0.1, -0.05) is 24.3 Å². The van der Waals surface area contributed by atoms with Crippen LogP contribution in [-0.2, 0) is 0 Å². The van der Waals surface area contributed by atoms with Crippen molar-refractivity contribution < 1.29 is 9.59 Å². The maximum Gasteiger partial charge on any atom is 0.256 e. The Labute approximate surface area is 186 Å². The second-order valence-corrected chi connectivity index (χ2v) is 7.30. The van der Waals surface area contributed by atoms with Gasteiger partial charge in [0.1, 0.15) is 0 Å². The summed E-state index contributed by atoms with van der Waals surface area (Å²) in [5.41, 5.74) is 3.78. The van der Waals surface area contributed by atoms with E-state index in [-0.39, 0.29) is 11.8 Å². The number of nitrogens with one attached hydrogen (secondary N) is 1. The molecule has 4 aromatic rings. The van der Waals surface area contributed by atoms with Crippen LogP contribution in [0.2, 0.25) is 0 Å². The van der Waals surface area contributed by atoms with Crippen LogP contribution in [0.25, 0.3) is 22.3 Å². The lowest BCUT2D eigenvalue weighted by molar-refractivity contribution is 0.0773. The largest absolute Gasteiger partial charge is 0.339 e. The van der Waals surface area contributed by atoms with Crippen LogP contribution in [0.15, 0.2) is 79.0 Å². The van der Waals surface area contributed by atoms with Crippen molar-refractivity contribution in [3.05, 3.63) is 90.1 Å².